The molecule has 2 aromatic rings. The third-order valence-corrected chi connectivity index (χ3v) is 6.02. The van der Waals surface area contributed by atoms with E-state index in [-0.39, 0.29) is 0 Å². The number of fused-ring (bicyclic) bond motifs is 1. The highest BCUT2D eigenvalue weighted by molar-refractivity contribution is 5.77. The Bertz CT molecular complexity index is 825. The summed E-state index contributed by atoms with van der Waals surface area (Å²) in [6.07, 6.45) is 3.57. The predicted octanol–water partition coefficient (Wildman–Crippen LogP) is 2.89. The third-order valence-electron chi connectivity index (χ3n) is 6.02. The summed E-state index contributed by atoms with van der Waals surface area (Å²) in [5.74, 6) is 2.49. The summed E-state index contributed by atoms with van der Waals surface area (Å²) in [5.41, 5.74) is 2.27. The maximum absolute atomic E-state index is 12.6. The Morgan fingerprint density at radius 3 is 2.79 bits per heavy atom. The van der Waals surface area contributed by atoms with Crippen LogP contribution in [-0.2, 0) is 11.2 Å². The van der Waals surface area contributed by atoms with E-state index in [1.165, 1.54) is 5.56 Å². The Morgan fingerprint density at radius 2 is 2.00 bits per heavy atom. The van der Waals surface area contributed by atoms with Crippen molar-refractivity contribution >= 4 is 17.7 Å². The number of benzene rings is 1. The van der Waals surface area contributed by atoms with E-state index in [9.17, 15) is 4.79 Å². The van der Waals surface area contributed by atoms with Crippen LogP contribution in [0.4, 0.5) is 11.8 Å². The SMILES string of the molecule is CNc1nc(C)cc(N2CC[C@@H]3[C@@H](CCC(=O)N3CCc3ccccc3)C2)n1. The minimum Gasteiger partial charge on any atom is -0.357 e. The molecular formula is C22H29N5O. The summed E-state index contributed by atoms with van der Waals surface area (Å²) < 4.78 is 0. The van der Waals surface area contributed by atoms with Gasteiger partial charge in [-0.25, -0.2) is 4.98 Å². The number of anilines is 2. The number of piperidine rings is 2. The van der Waals surface area contributed by atoms with Gasteiger partial charge in [-0.3, -0.25) is 4.79 Å². The Kier molecular flexibility index (Phi) is 5.46. The fourth-order valence-corrected chi connectivity index (χ4v) is 4.57. The first-order valence-electron chi connectivity index (χ1n) is 10.3. The minimum atomic E-state index is 0.320. The lowest BCUT2D eigenvalue weighted by Crippen LogP contribution is -2.56. The van der Waals surface area contributed by atoms with Crippen molar-refractivity contribution in [3.63, 3.8) is 0 Å². The summed E-state index contributed by atoms with van der Waals surface area (Å²) in [5, 5.41) is 3.05. The average Bonchev–Trinajstić information content (AvgIpc) is 2.73. The molecule has 2 aliphatic heterocycles. The molecule has 2 fully saturated rings. The van der Waals surface area contributed by atoms with E-state index in [1.807, 2.05) is 20.0 Å². The molecule has 0 unspecified atom stereocenters. The number of hydrogen-bond donors (Lipinski definition) is 1. The molecule has 148 valence electrons. The summed E-state index contributed by atoms with van der Waals surface area (Å²) in [6, 6.07) is 12.9. The highest BCUT2D eigenvalue weighted by Crippen LogP contribution is 2.33. The van der Waals surface area contributed by atoms with E-state index in [1.54, 1.807) is 0 Å². The van der Waals surface area contributed by atoms with Crippen LogP contribution in [0.15, 0.2) is 36.4 Å². The second-order valence-electron chi connectivity index (χ2n) is 7.86. The van der Waals surface area contributed by atoms with E-state index >= 15 is 0 Å². The molecule has 0 saturated carbocycles. The maximum atomic E-state index is 12.6. The average molecular weight is 380 g/mol. The number of aromatic nitrogens is 2. The van der Waals surface area contributed by atoms with Crippen LogP contribution in [0, 0.1) is 12.8 Å². The van der Waals surface area contributed by atoms with Crippen molar-refractivity contribution < 1.29 is 4.79 Å². The summed E-state index contributed by atoms with van der Waals surface area (Å²) in [4.78, 5) is 26.2. The third kappa shape index (κ3) is 3.96. The lowest BCUT2D eigenvalue weighted by molar-refractivity contribution is -0.139. The lowest BCUT2D eigenvalue weighted by Gasteiger charge is -2.47. The van der Waals surface area contributed by atoms with Gasteiger partial charge in [0.25, 0.3) is 0 Å². The van der Waals surface area contributed by atoms with E-state index in [2.05, 4.69) is 55.4 Å². The van der Waals surface area contributed by atoms with Crippen LogP contribution in [0.5, 0.6) is 0 Å². The number of carbonyl (C=O) groups excluding carboxylic acids is 1. The van der Waals surface area contributed by atoms with Crippen molar-refractivity contribution in [3.8, 4) is 0 Å². The van der Waals surface area contributed by atoms with E-state index in [4.69, 9.17) is 0 Å². The number of amides is 1. The number of aryl methyl sites for hydroxylation is 1. The molecule has 1 aromatic heterocycles. The maximum Gasteiger partial charge on any atom is 0.224 e. The molecule has 2 saturated heterocycles. The molecule has 2 atom stereocenters. The molecular weight excluding hydrogens is 350 g/mol. The topological polar surface area (TPSA) is 61.4 Å². The van der Waals surface area contributed by atoms with Crippen molar-refractivity contribution in [3.05, 3.63) is 47.7 Å². The summed E-state index contributed by atoms with van der Waals surface area (Å²) in [6.45, 7) is 4.71. The first-order chi connectivity index (χ1) is 13.6. The zero-order chi connectivity index (χ0) is 19.5. The minimum absolute atomic E-state index is 0.320. The molecule has 28 heavy (non-hydrogen) atoms. The zero-order valence-electron chi connectivity index (χ0n) is 16.8. The van der Waals surface area contributed by atoms with Crippen LogP contribution >= 0.6 is 0 Å². The van der Waals surface area contributed by atoms with Crippen LogP contribution in [0.1, 0.15) is 30.5 Å². The lowest BCUT2D eigenvalue weighted by atomic mass is 9.83. The van der Waals surface area contributed by atoms with E-state index < -0.39 is 0 Å². The summed E-state index contributed by atoms with van der Waals surface area (Å²) in [7, 11) is 1.85. The van der Waals surface area contributed by atoms with Crippen molar-refractivity contribution in [1.29, 1.82) is 0 Å². The number of nitrogens with zero attached hydrogens (tertiary/aromatic N) is 4. The smallest absolute Gasteiger partial charge is 0.224 e. The fourth-order valence-electron chi connectivity index (χ4n) is 4.57. The normalized spacial score (nSPS) is 22.1. The van der Waals surface area contributed by atoms with Gasteiger partial charge in [0.05, 0.1) is 0 Å². The molecule has 0 radical (unpaired) electrons. The molecule has 1 amide bonds. The zero-order valence-corrected chi connectivity index (χ0v) is 16.8. The van der Waals surface area contributed by atoms with Gasteiger partial charge in [-0.15, -0.1) is 0 Å². The van der Waals surface area contributed by atoms with Gasteiger partial charge in [-0.1, -0.05) is 30.3 Å². The largest absolute Gasteiger partial charge is 0.357 e. The Labute approximate surface area is 167 Å². The number of likely N-dealkylation sites (tertiary alicyclic amines) is 1. The second-order valence-corrected chi connectivity index (χ2v) is 7.86. The van der Waals surface area contributed by atoms with Crippen molar-refractivity contribution in [2.75, 3.05) is 36.9 Å². The van der Waals surface area contributed by atoms with Gasteiger partial charge >= 0.3 is 0 Å². The van der Waals surface area contributed by atoms with Crippen molar-refractivity contribution in [2.24, 2.45) is 5.92 Å². The first-order valence-corrected chi connectivity index (χ1v) is 10.3. The number of nitrogens with one attached hydrogen (secondary N) is 1. The molecule has 2 aliphatic rings. The Hall–Kier alpha value is -2.63. The highest BCUT2D eigenvalue weighted by Gasteiger charge is 2.39. The van der Waals surface area contributed by atoms with Gasteiger partial charge in [0.15, 0.2) is 0 Å². The molecule has 1 N–H and O–H groups in total. The molecule has 3 heterocycles. The second kappa shape index (κ2) is 8.17. The summed E-state index contributed by atoms with van der Waals surface area (Å²) >= 11 is 0. The Balaban J connectivity index is 1.45. The quantitative estimate of drug-likeness (QED) is 0.866. The molecule has 6 heteroatoms. The van der Waals surface area contributed by atoms with Gasteiger partial charge in [0.2, 0.25) is 11.9 Å². The number of hydrogen-bond acceptors (Lipinski definition) is 5. The van der Waals surface area contributed by atoms with Crippen LogP contribution in [0.3, 0.4) is 0 Å². The number of rotatable bonds is 5. The van der Waals surface area contributed by atoms with Crippen LogP contribution < -0.4 is 10.2 Å². The van der Waals surface area contributed by atoms with E-state index in [0.29, 0.717) is 30.2 Å². The number of carbonyl (C=O) groups is 1. The standard InChI is InChI=1S/C22H29N5O/c1-16-14-20(25-22(23-2)24-16)26-12-11-19-18(15-26)8-9-21(28)27(19)13-10-17-6-4-3-5-7-17/h3-7,14,18-19H,8-13,15H2,1-2H3,(H,23,24,25)/t18-,19+/m0/s1. The monoisotopic (exact) mass is 379 g/mol. The van der Waals surface area contributed by atoms with Gasteiger partial charge in [0, 0.05) is 50.9 Å². The Morgan fingerprint density at radius 1 is 1.18 bits per heavy atom. The van der Waals surface area contributed by atoms with E-state index in [0.717, 1.165) is 50.4 Å². The molecule has 4 rings (SSSR count). The highest BCUT2D eigenvalue weighted by atomic mass is 16.2. The van der Waals surface area contributed by atoms with Gasteiger partial charge < -0.3 is 15.1 Å². The van der Waals surface area contributed by atoms with Crippen LogP contribution in [0.2, 0.25) is 0 Å². The predicted molar refractivity (Wildman–Crippen MR) is 112 cm³/mol. The van der Waals surface area contributed by atoms with Crippen molar-refractivity contribution in [1.82, 2.24) is 14.9 Å². The first kappa shape index (κ1) is 18.7. The van der Waals surface area contributed by atoms with Crippen LogP contribution in [0.25, 0.3) is 0 Å². The van der Waals surface area contributed by atoms with Gasteiger partial charge in [-0.05, 0) is 37.7 Å². The molecule has 1 aromatic carbocycles. The fraction of sp³-hybridized carbons (Fsp3) is 0.500. The van der Waals surface area contributed by atoms with Crippen LogP contribution in [-0.4, -0.2) is 53.5 Å². The van der Waals surface area contributed by atoms with Gasteiger partial charge in [0.1, 0.15) is 5.82 Å². The van der Waals surface area contributed by atoms with Crippen molar-refractivity contribution in [2.45, 2.75) is 38.6 Å². The molecule has 0 aliphatic carbocycles. The molecule has 0 bridgehead atoms. The molecule has 0 spiro atoms. The molecule has 6 nitrogen and oxygen atoms in total. The van der Waals surface area contributed by atoms with Gasteiger partial charge in [-0.2, -0.15) is 4.98 Å².